The van der Waals surface area contributed by atoms with Crippen molar-refractivity contribution in [3.63, 3.8) is 0 Å². The van der Waals surface area contributed by atoms with Gasteiger partial charge in [-0.15, -0.1) is 0 Å². The van der Waals surface area contributed by atoms with Gasteiger partial charge in [0.05, 0.1) is 0 Å². The molecule has 4 atom stereocenters. The number of amides is 1. The Morgan fingerprint density at radius 2 is 1.96 bits per heavy atom. The van der Waals surface area contributed by atoms with Crippen LogP contribution in [0, 0.1) is 17.8 Å². The highest BCUT2D eigenvalue weighted by Crippen LogP contribution is 2.44. The third-order valence-corrected chi connectivity index (χ3v) is 5.63. The molecule has 24 heavy (non-hydrogen) atoms. The molecule has 0 unspecified atom stereocenters. The van der Waals surface area contributed by atoms with Crippen LogP contribution in [0.3, 0.4) is 0 Å². The summed E-state index contributed by atoms with van der Waals surface area (Å²) >= 11 is 0. The molecule has 4 heteroatoms. The van der Waals surface area contributed by atoms with Crippen LogP contribution in [0.15, 0.2) is 42.5 Å². The predicted molar refractivity (Wildman–Crippen MR) is 89.8 cm³/mol. The van der Waals surface area contributed by atoms with Crippen LogP contribution in [0.4, 0.5) is 0 Å². The lowest BCUT2D eigenvalue weighted by molar-refractivity contribution is -0.156. The van der Waals surface area contributed by atoms with Gasteiger partial charge in [0, 0.05) is 12.5 Å². The molecule has 1 aliphatic heterocycles. The number of rotatable bonds is 4. The second kappa shape index (κ2) is 6.42. The maximum absolute atomic E-state index is 12.9. The minimum Gasteiger partial charge on any atom is -0.459 e. The van der Waals surface area contributed by atoms with E-state index < -0.39 is 6.04 Å². The molecule has 4 nitrogen and oxygen atoms in total. The van der Waals surface area contributed by atoms with Gasteiger partial charge in [0.2, 0.25) is 5.91 Å². The van der Waals surface area contributed by atoms with Gasteiger partial charge in [-0.1, -0.05) is 42.5 Å². The molecule has 2 bridgehead atoms. The van der Waals surface area contributed by atoms with Crippen molar-refractivity contribution in [2.24, 2.45) is 17.8 Å². The monoisotopic (exact) mass is 325 g/mol. The lowest BCUT2D eigenvalue weighted by Gasteiger charge is -2.28. The number of fused-ring (bicyclic) bond motifs is 2. The van der Waals surface area contributed by atoms with Gasteiger partial charge < -0.3 is 9.64 Å². The molecule has 1 saturated heterocycles. The van der Waals surface area contributed by atoms with Crippen molar-refractivity contribution in [1.82, 2.24) is 4.90 Å². The molecular weight excluding hydrogens is 302 g/mol. The SMILES string of the molecule is O=C(OCc1ccccc1)[C@@H]1CCCN1C(=O)[C@@H]1C[C@H]2C=C[C@@H]1C2. The molecule has 3 aliphatic rings. The normalized spacial score (nSPS) is 30.8. The first kappa shape index (κ1) is 15.4. The van der Waals surface area contributed by atoms with Gasteiger partial charge in [0.15, 0.2) is 0 Å². The molecule has 1 aromatic carbocycles. The Labute approximate surface area is 142 Å². The van der Waals surface area contributed by atoms with Crippen LogP contribution in [0.1, 0.15) is 31.2 Å². The average molecular weight is 325 g/mol. The maximum Gasteiger partial charge on any atom is 0.329 e. The summed E-state index contributed by atoms with van der Waals surface area (Å²) in [7, 11) is 0. The fraction of sp³-hybridized carbons (Fsp3) is 0.500. The van der Waals surface area contributed by atoms with Crippen LogP contribution in [-0.4, -0.2) is 29.4 Å². The molecule has 0 spiro atoms. The molecule has 1 amide bonds. The minimum absolute atomic E-state index is 0.0718. The van der Waals surface area contributed by atoms with Gasteiger partial charge >= 0.3 is 5.97 Å². The Bertz CT molecular complexity index is 654. The van der Waals surface area contributed by atoms with E-state index in [1.165, 1.54) is 0 Å². The van der Waals surface area contributed by atoms with Crippen LogP contribution >= 0.6 is 0 Å². The second-order valence-corrected chi connectivity index (χ2v) is 7.17. The van der Waals surface area contributed by atoms with Crippen molar-refractivity contribution in [3.05, 3.63) is 48.0 Å². The van der Waals surface area contributed by atoms with Crippen LogP contribution in [0.5, 0.6) is 0 Å². The summed E-state index contributed by atoms with van der Waals surface area (Å²) in [6.07, 6.45) is 8.08. The quantitative estimate of drug-likeness (QED) is 0.632. The van der Waals surface area contributed by atoms with Gasteiger partial charge in [0.1, 0.15) is 12.6 Å². The first-order valence-electron chi connectivity index (χ1n) is 8.92. The molecular formula is C20H23NO3. The standard InChI is InChI=1S/C20H23NO3/c22-19(17-12-15-8-9-16(17)11-15)21-10-4-7-18(21)20(23)24-13-14-5-2-1-3-6-14/h1-3,5-6,8-9,15-18H,4,7,10-13H2/t15-,16+,17+,18-/m0/s1. The Balaban J connectivity index is 1.38. The summed E-state index contributed by atoms with van der Waals surface area (Å²) in [6.45, 7) is 0.955. The molecule has 2 aliphatic carbocycles. The van der Waals surface area contributed by atoms with Gasteiger partial charge in [-0.25, -0.2) is 4.79 Å². The highest BCUT2D eigenvalue weighted by atomic mass is 16.5. The highest BCUT2D eigenvalue weighted by molar-refractivity contribution is 5.87. The topological polar surface area (TPSA) is 46.6 Å². The van der Waals surface area contributed by atoms with Crippen molar-refractivity contribution in [2.75, 3.05) is 6.54 Å². The maximum atomic E-state index is 12.9. The number of ether oxygens (including phenoxy) is 1. The lowest BCUT2D eigenvalue weighted by atomic mass is 9.92. The first-order valence-corrected chi connectivity index (χ1v) is 8.92. The van der Waals surface area contributed by atoms with Crippen molar-refractivity contribution >= 4 is 11.9 Å². The summed E-state index contributed by atoms with van der Waals surface area (Å²) in [5, 5.41) is 0. The first-order chi connectivity index (χ1) is 11.7. The Hall–Kier alpha value is -2.10. The fourth-order valence-corrected chi connectivity index (χ4v) is 4.38. The smallest absolute Gasteiger partial charge is 0.329 e. The third kappa shape index (κ3) is 2.85. The number of carbonyl (C=O) groups excluding carboxylic acids is 2. The van der Waals surface area contributed by atoms with Crippen molar-refractivity contribution in [1.29, 1.82) is 0 Å². The van der Waals surface area contributed by atoms with Crippen LogP contribution in [0.2, 0.25) is 0 Å². The zero-order valence-corrected chi connectivity index (χ0v) is 13.8. The highest BCUT2D eigenvalue weighted by Gasteiger charge is 2.45. The molecule has 0 radical (unpaired) electrons. The fourth-order valence-electron chi connectivity index (χ4n) is 4.38. The summed E-state index contributed by atoms with van der Waals surface area (Å²) in [6, 6.07) is 9.27. The predicted octanol–water partition coefficient (Wildman–Crippen LogP) is 2.93. The lowest BCUT2D eigenvalue weighted by Crippen LogP contribution is -2.45. The van der Waals surface area contributed by atoms with Crippen molar-refractivity contribution in [2.45, 2.75) is 38.3 Å². The number of benzene rings is 1. The molecule has 4 rings (SSSR count). The number of hydrogen-bond donors (Lipinski definition) is 0. The molecule has 0 aromatic heterocycles. The molecule has 1 saturated carbocycles. The minimum atomic E-state index is -0.399. The van der Waals surface area contributed by atoms with E-state index in [4.69, 9.17) is 4.74 Å². The molecule has 0 N–H and O–H groups in total. The van der Waals surface area contributed by atoms with E-state index in [2.05, 4.69) is 12.2 Å². The summed E-state index contributed by atoms with van der Waals surface area (Å²) in [5.41, 5.74) is 0.972. The molecule has 1 aromatic rings. The third-order valence-electron chi connectivity index (χ3n) is 5.63. The average Bonchev–Trinajstić information content (AvgIpc) is 3.35. The molecule has 126 valence electrons. The van der Waals surface area contributed by atoms with Crippen LogP contribution < -0.4 is 0 Å². The summed E-state index contributed by atoms with van der Waals surface area (Å²) < 4.78 is 5.47. The van der Waals surface area contributed by atoms with E-state index in [9.17, 15) is 9.59 Å². The van der Waals surface area contributed by atoms with E-state index in [1.54, 1.807) is 4.90 Å². The molecule has 1 heterocycles. The number of nitrogens with zero attached hydrogens (tertiary/aromatic N) is 1. The van der Waals surface area contributed by atoms with Crippen molar-refractivity contribution in [3.8, 4) is 0 Å². The van der Waals surface area contributed by atoms with Gasteiger partial charge in [-0.05, 0) is 43.1 Å². The Morgan fingerprint density at radius 3 is 2.67 bits per heavy atom. The number of esters is 1. The number of carbonyl (C=O) groups is 2. The zero-order chi connectivity index (χ0) is 16.5. The zero-order valence-electron chi connectivity index (χ0n) is 13.8. The number of likely N-dealkylation sites (tertiary alicyclic amines) is 1. The van der Waals surface area contributed by atoms with Crippen LogP contribution in [-0.2, 0) is 20.9 Å². The van der Waals surface area contributed by atoms with Gasteiger partial charge in [-0.3, -0.25) is 4.79 Å². The summed E-state index contributed by atoms with van der Waals surface area (Å²) in [4.78, 5) is 27.2. The van der Waals surface area contributed by atoms with E-state index >= 15 is 0 Å². The van der Waals surface area contributed by atoms with Crippen molar-refractivity contribution < 1.29 is 14.3 Å². The van der Waals surface area contributed by atoms with E-state index in [0.717, 1.165) is 31.2 Å². The Morgan fingerprint density at radius 1 is 1.12 bits per heavy atom. The van der Waals surface area contributed by atoms with Gasteiger partial charge in [0.25, 0.3) is 0 Å². The summed E-state index contributed by atoms with van der Waals surface area (Å²) in [5.74, 6) is 0.913. The second-order valence-electron chi connectivity index (χ2n) is 7.17. The van der Waals surface area contributed by atoms with Crippen LogP contribution in [0.25, 0.3) is 0 Å². The molecule has 2 fully saturated rings. The Kier molecular flexibility index (Phi) is 4.13. The largest absolute Gasteiger partial charge is 0.459 e. The van der Waals surface area contributed by atoms with E-state index in [1.807, 2.05) is 30.3 Å². The number of allylic oxidation sites excluding steroid dienone is 2. The number of hydrogen-bond acceptors (Lipinski definition) is 3. The van der Waals surface area contributed by atoms with E-state index in [-0.39, 0.29) is 24.4 Å². The van der Waals surface area contributed by atoms with Gasteiger partial charge in [-0.2, -0.15) is 0 Å². The van der Waals surface area contributed by atoms with E-state index in [0.29, 0.717) is 18.4 Å².